The summed E-state index contributed by atoms with van der Waals surface area (Å²) >= 11 is 8.64. The van der Waals surface area contributed by atoms with Crippen LogP contribution in [0.25, 0.3) is 0 Å². The zero-order valence-electron chi connectivity index (χ0n) is 13.7. The van der Waals surface area contributed by atoms with Gasteiger partial charge in [-0.25, -0.2) is 0 Å². The van der Waals surface area contributed by atoms with E-state index in [1.807, 2.05) is 48.5 Å². The van der Waals surface area contributed by atoms with Crippen LogP contribution < -0.4 is 15.4 Å². The third-order valence-electron chi connectivity index (χ3n) is 3.55. The Bertz CT molecular complexity index is 870. The Morgan fingerprint density at radius 1 is 1.15 bits per heavy atom. The molecule has 2 aromatic carbocycles. The molecule has 1 aliphatic rings. The zero-order valence-corrected chi connectivity index (χ0v) is 16.1. The Morgan fingerprint density at radius 2 is 1.92 bits per heavy atom. The molecule has 0 aromatic heterocycles. The van der Waals surface area contributed by atoms with Gasteiger partial charge in [0, 0.05) is 18.0 Å². The summed E-state index contributed by atoms with van der Waals surface area (Å²) in [4.78, 5) is 16.5. The maximum absolute atomic E-state index is 12.4. The van der Waals surface area contributed by atoms with Crippen molar-refractivity contribution in [2.75, 3.05) is 11.9 Å². The van der Waals surface area contributed by atoms with Crippen LogP contribution in [0.1, 0.15) is 0 Å². The van der Waals surface area contributed by atoms with Crippen molar-refractivity contribution in [2.45, 2.75) is 4.32 Å². The summed E-state index contributed by atoms with van der Waals surface area (Å²) in [7, 11) is 0. The Labute approximate surface area is 165 Å². The van der Waals surface area contributed by atoms with Gasteiger partial charge in [0.2, 0.25) is 5.91 Å². The van der Waals surface area contributed by atoms with E-state index in [1.54, 1.807) is 24.4 Å². The van der Waals surface area contributed by atoms with Crippen LogP contribution in [-0.4, -0.2) is 28.1 Å². The Balaban J connectivity index is 1.61. The SMILES string of the molecule is O=C(NC(=S)Nc1cccc(Oc2ccccc2)c1)C1(Br)C=CC=NC1. The van der Waals surface area contributed by atoms with Gasteiger partial charge in [-0.1, -0.05) is 46.3 Å². The largest absolute Gasteiger partial charge is 0.457 e. The predicted molar refractivity (Wildman–Crippen MR) is 111 cm³/mol. The smallest absolute Gasteiger partial charge is 0.248 e. The summed E-state index contributed by atoms with van der Waals surface area (Å²) in [5.41, 5.74) is 0.713. The number of nitrogens with zero attached hydrogens (tertiary/aromatic N) is 1. The number of hydrogen-bond donors (Lipinski definition) is 2. The Kier molecular flexibility index (Phi) is 5.80. The number of thiocarbonyl (C=S) groups is 1. The van der Waals surface area contributed by atoms with Gasteiger partial charge in [0.15, 0.2) is 5.11 Å². The lowest BCUT2D eigenvalue weighted by Crippen LogP contribution is -2.47. The molecule has 0 saturated carbocycles. The summed E-state index contributed by atoms with van der Waals surface area (Å²) in [6.45, 7) is 0.318. The lowest BCUT2D eigenvalue weighted by atomic mass is 10.1. The normalized spacial score (nSPS) is 18.2. The van der Waals surface area contributed by atoms with Gasteiger partial charge in [0.25, 0.3) is 0 Å². The number of ether oxygens (including phenoxy) is 1. The van der Waals surface area contributed by atoms with E-state index in [-0.39, 0.29) is 11.0 Å². The first-order chi connectivity index (χ1) is 12.5. The number of hydrogen-bond acceptors (Lipinski definition) is 4. The van der Waals surface area contributed by atoms with Gasteiger partial charge < -0.3 is 15.4 Å². The summed E-state index contributed by atoms with van der Waals surface area (Å²) in [6.07, 6.45) is 5.12. The second-order valence-electron chi connectivity index (χ2n) is 5.56. The van der Waals surface area contributed by atoms with E-state index < -0.39 is 4.32 Å². The van der Waals surface area contributed by atoms with Gasteiger partial charge >= 0.3 is 0 Å². The molecule has 0 radical (unpaired) electrons. The molecular weight excluding hydrogens is 414 g/mol. The standard InChI is InChI=1S/C19H16BrN3O2S/c20-19(10-5-11-21-13-19)17(24)23-18(26)22-14-6-4-9-16(12-14)25-15-7-2-1-3-8-15/h1-12H,13H2,(H2,22,23,24,26). The lowest BCUT2D eigenvalue weighted by Gasteiger charge is -2.23. The fourth-order valence-electron chi connectivity index (χ4n) is 2.27. The predicted octanol–water partition coefficient (Wildman–Crippen LogP) is 4.07. The Hall–Kier alpha value is -2.51. The molecule has 5 nitrogen and oxygen atoms in total. The number of carbonyl (C=O) groups excluding carboxylic acids is 1. The van der Waals surface area contributed by atoms with Crippen LogP contribution in [0.3, 0.4) is 0 Å². The third-order valence-corrected chi connectivity index (χ3v) is 4.63. The number of amides is 1. The van der Waals surface area contributed by atoms with Crippen LogP contribution in [0.4, 0.5) is 5.69 Å². The number of para-hydroxylation sites is 1. The molecule has 26 heavy (non-hydrogen) atoms. The van der Waals surface area contributed by atoms with Gasteiger partial charge in [-0.05, 0) is 42.6 Å². The first kappa shape index (κ1) is 18.3. The van der Waals surface area contributed by atoms with E-state index in [0.717, 1.165) is 5.75 Å². The molecule has 2 N–H and O–H groups in total. The van der Waals surface area contributed by atoms with Crippen LogP contribution in [0.15, 0.2) is 71.7 Å². The molecule has 0 spiro atoms. The summed E-state index contributed by atoms with van der Waals surface area (Å²) in [6, 6.07) is 16.8. The third kappa shape index (κ3) is 4.77. The van der Waals surface area contributed by atoms with E-state index in [9.17, 15) is 4.79 Å². The number of anilines is 1. The van der Waals surface area contributed by atoms with Crippen molar-refractivity contribution >= 4 is 51.1 Å². The van der Waals surface area contributed by atoms with Crippen LogP contribution in [0.2, 0.25) is 0 Å². The van der Waals surface area contributed by atoms with Crippen LogP contribution in [0, 0.1) is 0 Å². The van der Waals surface area contributed by atoms with Gasteiger partial charge in [-0.3, -0.25) is 9.79 Å². The van der Waals surface area contributed by atoms with E-state index >= 15 is 0 Å². The first-order valence-electron chi connectivity index (χ1n) is 7.87. The highest BCUT2D eigenvalue weighted by molar-refractivity contribution is 9.10. The van der Waals surface area contributed by atoms with Crippen LogP contribution in [0.5, 0.6) is 11.5 Å². The van der Waals surface area contributed by atoms with Crippen molar-refractivity contribution in [3.05, 3.63) is 66.7 Å². The zero-order chi connectivity index (χ0) is 18.4. The van der Waals surface area contributed by atoms with Crippen molar-refractivity contribution in [1.29, 1.82) is 0 Å². The Morgan fingerprint density at radius 3 is 2.65 bits per heavy atom. The fourth-order valence-corrected chi connectivity index (χ4v) is 2.88. The van der Waals surface area contributed by atoms with E-state index in [4.69, 9.17) is 17.0 Å². The second kappa shape index (κ2) is 8.25. The molecule has 1 atom stereocenters. The molecular formula is C19H16BrN3O2S. The topological polar surface area (TPSA) is 62.7 Å². The van der Waals surface area contributed by atoms with Crippen molar-refractivity contribution < 1.29 is 9.53 Å². The molecule has 2 aromatic rings. The van der Waals surface area contributed by atoms with E-state index in [2.05, 4.69) is 31.6 Å². The minimum Gasteiger partial charge on any atom is -0.457 e. The van der Waals surface area contributed by atoms with E-state index in [0.29, 0.717) is 18.0 Å². The number of benzene rings is 2. The number of alkyl halides is 1. The van der Waals surface area contributed by atoms with Crippen LogP contribution >= 0.6 is 28.1 Å². The minimum atomic E-state index is -0.883. The summed E-state index contributed by atoms with van der Waals surface area (Å²) < 4.78 is 4.91. The van der Waals surface area contributed by atoms with Crippen LogP contribution in [-0.2, 0) is 4.79 Å². The number of rotatable bonds is 4. The van der Waals surface area contributed by atoms with Crippen molar-refractivity contribution in [1.82, 2.24) is 5.32 Å². The molecule has 1 amide bonds. The average Bonchev–Trinajstić information content (AvgIpc) is 2.63. The molecule has 1 aliphatic heterocycles. The highest BCUT2D eigenvalue weighted by Gasteiger charge is 2.34. The quantitative estimate of drug-likeness (QED) is 0.567. The number of dihydropyridines is 1. The molecule has 132 valence electrons. The molecule has 0 saturated heterocycles. The van der Waals surface area contributed by atoms with Crippen molar-refractivity contribution in [2.24, 2.45) is 4.99 Å². The monoisotopic (exact) mass is 429 g/mol. The number of halogens is 1. The summed E-state index contributed by atoms with van der Waals surface area (Å²) in [5, 5.41) is 5.87. The molecule has 7 heteroatoms. The lowest BCUT2D eigenvalue weighted by molar-refractivity contribution is -0.120. The molecule has 1 unspecified atom stereocenters. The molecule has 3 rings (SSSR count). The highest BCUT2D eigenvalue weighted by atomic mass is 79.9. The van der Waals surface area contributed by atoms with Gasteiger partial charge in [-0.2, -0.15) is 0 Å². The van der Waals surface area contributed by atoms with Gasteiger partial charge in [0.1, 0.15) is 15.8 Å². The minimum absolute atomic E-state index is 0.202. The molecule has 0 bridgehead atoms. The maximum Gasteiger partial charge on any atom is 0.248 e. The second-order valence-corrected chi connectivity index (χ2v) is 7.39. The first-order valence-corrected chi connectivity index (χ1v) is 9.07. The molecule has 1 heterocycles. The maximum atomic E-state index is 12.4. The number of aliphatic imine (C=N–C) groups is 1. The van der Waals surface area contributed by atoms with Crippen molar-refractivity contribution in [3.63, 3.8) is 0 Å². The van der Waals surface area contributed by atoms with Gasteiger partial charge in [0.05, 0.1) is 6.54 Å². The molecule has 0 aliphatic carbocycles. The number of allylic oxidation sites excluding steroid dienone is 1. The number of nitrogens with one attached hydrogen (secondary N) is 2. The highest BCUT2D eigenvalue weighted by Crippen LogP contribution is 2.25. The molecule has 0 fully saturated rings. The van der Waals surface area contributed by atoms with Crippen molar-refractivity contribution in [3.8, 4) is 11.5 Å². The summed E-state index contributed by atoms with van der Waals surface area (Å²) in [5.74, 6) is 1.13. The van der Waals surface area contributed by atoms with E-state index in [1.165, 1.54) is 0 Å². The number of carbonyl (C=O) groups is 1. The van der Waals surface area contributed by atoms with Gasteiger partial charge in [-0.15, -0.1) is 0 Å². The average molecular weight is 430 g/mol. The fraction of sp³-hybridized carbons (Fsp3) is 0.105.